The number of likely N-dealkylation sites (N-methyl/N-ethyl adjacent to an activating group) is 1. The third-order valence-electron chi connectivity index (χ3n) is 3.23. The van der Waals surface area contributed by atoms with Gasteiger partial charge in [0.2, 0.25) is 5.91 Å². The molecule has 1 rings (SSSR count). The number of rotatable bonds is 5. The van der Waals surface area contributed by atoms with Gasteiger partial charge in [0, 0.05) is 5.56 Å². The van der Waals surface area contributed by atoms with E-state index in [1.807, 2.05) is 13.8 Å². The maximum atomic E-state index is 11.4. The lowest BCUT2D eigenvalue weighted by Crippen LogP contribution is -2.34. The fourth-order valence-electron chi connectivity index (χ4n) is 2.11. The van der Waals surface area contributed by atoms with Crippen molar-refractivity contribution in [1.82, 2.24) is 5.32 Å². The highest BCUT2D eigenvalue weighted by Gasteiger charge is 2.16. The molecule has 3 N–H and O–H groups in total. The molecule has 1 aromatic rings. The summed E-state index contributed by atoms with van der Waals surface area (Å²) in [6, 6.07) is 3.36. The van der Waals surface area contributed by atoms with E-state index in [0.717, 1.165) is 16.7 Å². The topological polar surface area (TPSA) is 72.2 Å². The van der Waals surface area contributed by atoms with Crippen molar-refractivity contribution >= 4 is 11.7 Å². The molecule has 4 nitrogen and oxygen atoms in total. The minimum absolute atomic E-state index is 0.107. The summed E-state index contributed by atoms with van der Waals surface area (Å²) in [5.74, 6) is -0.320. The van der Waals surface area contributed by atoms with E-state index < -0.39 is 5.91 Å². The van der Waals surface area contributed by atoms with Gasteiger partial charge in [-0.05, 0) is 63.1 Å². The standard InChI is InChI=1S/C14H20N2O2/c1-8-5-11(14(15)18)6-9(2)12(8)7-13(16-4)10(3)17/h5-6,13,16H,7H2,1-4H3,(H2,15,18). The van der Waals surface area contributed by atoms with Gasteiger partial charge in [-0.15, -0.1) is 0 Å². The van der Waals surface area contributed by atoms with E-state index in [0.29, 0.717) is 12.0 Å². The molecule has 0 spiro atoms. The van der Waals surface area contributed by atoms with Crippen LogP contribution in [0.2, 0.25) is 0 Å². The van der Waals surface area contributed by atoms with Gasteiger partial charge >= 0.3 is 0 Å². The van der Waals surface area contributed by atoms with Gasteiger partial charge in [-0.2, -0.15) is 0 Å². The number of ketones is 1. The zero-order valence-electron chi connectivity index (χ0n) is 11.3. The average Bonchev–Trinajstić information content (AvgIpc) is 2.27. The van der Waals surface area contributed by atoms with Crippen molar-refractivity contribution in [2.75, 3.05) is 7.05 Å². The molecule has 98 valence electrons. The van der Waals surface area contributed by atoms with Crippen LogP contribution in [0.3, 0.4) is 0 Å². The molecule has 1 aromatic carbocycles. The van der Waals surface area contributed by atoms with E-state index in [1.54, 1.807) is 26.1 Å². The molecule has 0 aliphatic heterocycles. The Hall–Kier alpha value is -1.68. The van der Waals surface area contributed by atoms with Gasteiger partial charge in [-0.1, -0.05) is 0 Å². The summed E-state index contributed by atoms with van der Waals surface area (Å²) in [6.07, 6.45) is 0.628. The minimum Gasteiger partial charge on any atom is -0.366 e. The Morgan fingerprint density at radius 2 is 1.78 bits per heavy atom. The van der Waals surface area contributed by atoms with Crippen LogP contribution in [0.25, 0.3) is 0 Å². The number of carbonyl (C=O) groups is 2. The van der Waals surface area contributed by atoms with Crippen molar-refractivity contribution in [3.63, 3.8) is 0 Å². The summed E-state index contributed by atoms with van der Waals surface area (Å²) in [7, 11) is 1.77. The lowest BCUT2D eigenvalue weighted by molar-refractivity contribution is -0.118. The first-order chi connectivity index (χ1) is 8.36. The molecule has 1 atom stereocenters. The lowest BCUT2D eigenvalue weighted by Gasteiger charge is -2.17. The van der Waals surface area contributed by atoms with Gasteiger partial charge in [0.25, 0.3) is 0 Å². The molecular formula is C14H20N2O2. The molecule has 0 heterocycles. The van der Waals surface area contributed by atoms with Crippen LogP contribution in [0.15, 0.2) is 12.1 Å². The summed E-state index contributed by atoms with van der Waals surface area (Å²) < 4.78 is 0. The highest BCUT2D eigenvalue weighted by atomic mass is 16.1. The number of nitrogens with two attached hydrogens (primary N) is 1. The van der Waals surface area contributed by atoms with E-state index >= 15 is 0 Å². The quantitative estimate of drug-likeness (QED) is 0.820. The smallest absolute Gasteiger partial charge is 0.248 e. The van der Waals surface area contributed by atoms with Crippen molar-refractivity contribution < 1.29 is 9.59 Å². The largest absolute Gasteiger partial charge is 0.366 e. The Kier molecular flexibility index (Phi) is 4.62. The van der Waals surface area contributed by atoms with Gasteiger partial charge in [-0.3, -0.25) is 9.59 Å². The van der Waals surface area contributed by atoms with E-state index in [-0.39, 0.29) is 11.8 Å². The predicted octanol–water partition coefficient (Wildman–Crippen LogP) is 1.12. The molecule has 0 bridgehead atoms. The van der Waals surface area contributed by atoms with Crippen LogP contribution in [-0.4, -0.2) is 24.8 Å². The third kappa shape index (κ3) is 3.17. The van der Waals surface area contributed by atoms with Gasteiger partial charge in [0.1, 0.15) is 5.78 Å². The number of carbonyl (C=O) groups excluding carboxylic acids is 2. The Morgan fingerprint density at radius 1 is 1.28 bits per heavy atom. The normalized spacial score (nSPS) is 12.2. The SMILES string of the molecule is CNC(Cc1c(C)cc(C(N)=O)cc1C)C(C)=O. The highest BCUT2D eigenvalue weighted by Crippen LogP contribution is 2.18. The zero-order valence-corrected chi connectivity index (χ0v) is 11.3. The number of aryl methyl sites for hydroxylation is 2. The maximum Gasteiger partial charge on any atom is 0.248 e. The maximum absolute atomic E-state index is 11.4. The van der Waals surface area contributed by atoms with Crippen LogP contribution in [-0.2, 0) is 11.2 Å². The fourth-order valence-corrected chi connectivity index (χ4v) is 2.11. The number of amides is 1. The number of nitrogens with one attached hydrogen (secondary N) is 1. The summed E-state index contributed by atoms with van der Waals surface area (Å²) in [6.45, 7) is 5.44. The third-order valence-corrected chi connectivity index (χ3v) is 3.23. The van der Waals surface area contributed by atoms with Crippen LogP contribution in [0.5, 0.6) is 0 Å². The molecule has 1 unspecified atom stereocenters. The predicted molar refractivity (Wildman–Crippen MR) is 71.7 cm³/mol. The van der Waals surface area contributed by atoms with Crippen molar-refractivity contribution in [3.05, 3.63) is 34.4 Å². The number of primary amides is 1. The van der Waals surface area contributed by atoms with E-state index in [1.165, 1.54) is 0 Å². The number of hydrogen-bond donors (Lipinski definition) is 2. The molecule has 0 aliphatic carbocycles. The Labute approximate surface area is 108 Å². The van der Waals surface area contributed by atoms with Crippen LogP contribution in [0, 0.1) is 13.8 Å². The molecule has 0 saturated heterocycles. The Balaban J connectivity index is 3.10. The van der Waals surface area contributed by atoms with E-state index in [4.69, 9.17) is 5.73 Å². The fraction of sp³-hybridized carbons (Fsp3) is 0.429. The molecule has 0 aliphatic rings. The number of Topliss-reactive ketones (excluding diaryl/α,β-unsaturated/α-hetero) is 1. The Morgan fingerprint density at radius 3 is 2.11 bits per heavy atom. The molecule has 4 heteroatoms. The summed E-state index contributed by atoms with van der Waals surface area (Å²) in [5.41, 5.74) is 8.86. The first kappa shape index (κ1) is 14.4. The molecule has 1 amide bonds. The van der Waals surface area contributed by atoms with Crippen LogP contribution in [0.4, 0.5) is 0 Å². The summed E-state index contributed by atoms with van der Waals surface area (Å²) >= 11 is 0. The van der Waals surface area contributed by atoms with Gasteiger partial charge in [-0.25, -0.2) is 0 Å². The Bertz CT molecular complexity index is 458. The minimum atomic E-state index is -0.426. The first-order valence-electron chi connectivity index (χ1n) is 5.94. The van der Waals surface area contributed by atoms with Crippen molar-refractivity contribution in [2.24, 2.45) is 5.73 Å². The van der Waals surface area contributed by atoms with Crippen LogP contribution in [0.1, 0.15) is 34.0 Å². The van der Waals surface area contributed by atoms with E-state index in [2.05, 4.69) is 5.32 Å². The number of benzene rings is 1. The molecular weight excluding hydrogens is 228 g/mol. The van der Waals surface area contributed by atoms with E-state index in [9.17, 15) is 9.59 Å². The zero-order chi connectivity index (χ0) is 13.9. The van der Waals surface area contributed by atoms with Crippen molar-refractivity contribution in [3.8, 4) is 0 Å². The van der Waals surface area contributed by atoms with Crippen molar-refractivity contribution in [1.29, 1.82) is 0 Å². The van der Waals surface area contributed by atoms with Gasteiger partial charge in [0.05, 0.1) is 6.04 Å². The van der Waals surface area contributed by atoms with Gasteiger partial charge < -0.3 is 11.1 Å². The highest BCUT2D eigenvalue weighted by molar-refractivity contribution is 5.93. The summed E-state index contributed by atoms with van der Waals surface area (Å²) in [5, 5.41) is 3.00. The number of hydrogen-bond acceptors (Lipinski definition) is 3. The second kappa shape index (κ2) is 5.78. The molecule has 0 saturated carbocycles. The van der Waals surface area contributed by atoms with Gasteiger partial charge in [0.15, 0.2) is 0 Å². The molecule has 18 heavy (non-hydrogen) atoms. The molecule has 0 fully saturated rings. The summed E-state index contributed by atoms with van der Waals surface area (Å²) in [4.78, 5) is 22.6. The van der Waals surface area contributed by atoms with Crippen molar-refractivity contribution in [2.45, 2.75) is 33.2 Å². The molecule has 0 radical (unpaired) electrons. The monoisotopic (exact) mass is 248 g/mol. The molecule has 0 aromatic heterocycles. The first-order valence-corrected chi connectivity index (χ1v) is 5.94. The second-order valence-corrected chi connectivity index (χ2v) is 4.61. The average molecular weight is 248 g/mol. The second-order valence-electron chi connectivity index (χ2n) is 4.61. The van der Waals surface area contributed by atoms with Crippen LogP contribution >= 0.6 is 0 Å². The van der Waals surface area contributed by atoms with Crippen LogP contribution < -0.4 is 11.1 Å². The lowest BCUT2D eigenvalue weighted by atomic mass is 9.93.